The van der Waals surface area contributed by atoms with Crippen LogP contribution in [0.1, 0.15) is 0 Å². The molecule has 0 amide bonds. The van der Waals surface area contributed by atoms with E-state index in [0.29, 0.717) is 0 Å². The van der Waals surface area contributed by atoms with Gasteiger partial charge in [0.25, 0.3) is 0 Å². The Kier molecular flexibility index (Phi) is 22.1. The summed E-state index contributed by atoms with van der Waals surface area (Å²) in [4.78, 5) is 11.6. The molecule has 0 unspecified atom stereocenters. The number of rotatable bonds is 0. The zero-order chi connectivity index (χ0) is 4.28. The minimum absolute atomic E-state index is 0. The Morgan fingerprint density at radius 3 is 1.71 bits per heavy atom. The fourth-order valence-electron chi connectivity index (χ4n) is 0. The third-order valence-corrected chi connectivity index (χ3v) is 0.0781. The molecular weight excluding hydrogens is 126 g/mol. The first-order valence-electron chi connectivity index (χ1n) is 0.814. The molecule has 0 spiro atoms. The summed E-state index contributed by atoms with van der Waals surface area (Å²) in [6.45, 7) is 0. The molecule has 0 bridgehead atoms. The summed E-state index contributed by atoms with van der Waals surface area (Å²) in [6.07, 6.45) is -1.69. The van der Waals surface area contributed by atoms with Gasteiger partial charge in [0.15, 0.2) is 17.4 Å². The quantitative estimate of drug-likeness (QED) is 0.235. The molecule has 0 aliphatic carbocycles. The van der Waals surface area contributed by atoms with Crippen molar-refractivity contribution in [2.75, 3.05) is 0 Å². The van der Waals surface area contributed by atoms with Crippen LogP contribution < -0.4 is 0 Å². The Bertz CT molecular complexity index is 47.0. The van der Waals surface area contributed by atoms with Gasteiger partial charge in [-0.05, 0) is 0 Å². The van der Waals surface area contributed by atoms with E-state index in [1.54, 1.807) is 0 Å². The van der Waals surface area contributed by atoms with Gasteiger partial charge in [-0.1, -0.05) is 0 Å². The number of carboxylic acid groups (broad SMARTS) is 1. The normalized spacial score (nSPS) is 4.71. The van der Waals surface area contributed by atoms with Crippen LogP contribution in [-0.2, 0) is 4.89 Å². The van der Waals surface area contributed by atoms with Crippen molar-refractivity contribution in [2.45, 2.75) is 0 Å². The van der Waals surface area contributed by atoms with E-state index in [0.717, 1.165) is 0 Å². The van der Waals surface area contributed by atoms with E-state index in [1.165, 1.54) is 0 Å². The molecule has 0 atom stereocenters. The molecule has 0 aliphatic heterocycles. The van der Waals surface area contributed by atoms with Gasteiger partial charge in [-0.3, -0.25) is 4.89 Å². The Balaban J connectivity index is -0.0000000800. The van der Waals surface area contributed by atoms with E-state index in [4.69, 9.17) is 15.2 Å². The van der Waals surface area contributed by atoms with E-state index >= 15 is 0 Å². The Hall–Kier alpha value is 0.762. The van der Waals surface area contributed by atoms with Crippen LogP contribution in [-0.4, -0.2) is 63.4 Å². The second-order valence-electron chi connectivity index (χ2n) is 0.357. The van der Waals surface area contributed by atoms with Crippen molar-refractivity contribution in [1.82, 2.24) is 0 Å². The topological polar surface area (TPSA) is 66.8 Å². The van der Waals surface area contributed by atoms with Crippen molar-refractivity contribution in [3.05, 3.63) is 0 Å². The van der Waals surface area contributed by atoms with Gasteiger partial charge >= 0.3 is 35.7 Å². The standard InChI is InChI=1S/CH2O4.Al.Na.4H/c2-1(3)5-4;;;;;;/h4H,(H,2,3);;;;;;. The summed E-state index contributed by atoms with van der Waals surface area (Å²) in [5.41, 5.74) is 0. The monoisotopic (exact) mass is 132 g/mol. The van der Waals surface area contributed by atoms with Gasteiger partial charge in [0.2, 0.25) is 0 Å². The second-order valence-corrected chi connectivity index (χ2v) is 0.357. The van der Waals surface area contributed by atoms with Gasteiger partial charge < -0.3 is 5.11 Å². The van der Waals surface area contributed by atoms with Gasteiger partial charge in [0.1, 0.15) is 0 Å². The van der Waals surface area contributed by atoms with Crippen molar-refractivity contribution in [3.63, 3.8) is 0 Å². The van der Waals surface area contributed by atoms with E-state index in [9.17, 15) is 0 Å². The van der Waals surface area contributed by atoms with Crippen LogP contribution in [0.25, 0.3) is 0 Å². The van der Waals surface area contributed by atoms with Crippen molar-refractivity contribution in [2.24, 2.45) is 0 Å². The summed E-state index contributed by atoms with van der Waals surface area (Å²) in [6, 6.07) is 0. The minimum atomic E-state index is -1.69. The SMILES string of the molecule is O=C(O)OO.[AlH3].[NaH]. The van der Waals surface area contributed by atoms with Crippen LogP contribution in [0.5, 0.6) is 0 Å². The van der Waals surface area contributed by atoms with Crippen molar-refractivity contribution >= 4 is 53.1 Å². The number of carbonyl (C=O) groups is 1. The molecule has 4 nitrogen and oxygen atoms in total. The number of hydrogen-bond donors (Lipinski definition) is 2. The van der Waals surface area contributed by atoms with E-state index in [1.807, 2.05) is 0 Å². The van der Waals surface area contributed by atoms with Crippen LogP contribution in [0.15, 0.2) is 0 Å². The second kappa shape index (κ2) is 9.90. The molecule has 6 heteroatoms. The van der Waals surface area contributed by atoms with Gasteiger partial charge in [-0.15, -0.1) is 0 Å². The van der Waals surface area contributed by atoms with E-state index < -0.39 is 6.16 Å². The zero-order valence-corrected chi connectivity index (χ0v) is 2.21. The Morgan fingerprint density at radius 1 is 1.57 bits per heavy atom. The molecule has 0 radical (unpaired) electrons. The molecule has 2 N–H and O–H groups in total. The third-order valence-electron chi connectivity index (χ3n) is 0.0781. The van der Waals surface area contributed by atoms with Crippen molar-refractivity contribution in [1.29, 1.82) is 0 Å². The average Bonchev–Trinajstić information content (AvgIpc) is 1.38. The Morgan fingerprint density at radius 2 is 1.71 bits per heavy atom. The van der Waals surface area contributed by atoms with Gasteiger partial charge in [0, 0.05) is 0 Å². The average molecular weight is 132 g/mol. The molecule has 0 heterocycles. The predicted molar refractivity (Wildman–Crippen MR) is 28.8 cm³/mol. The fraction of sp³-hybridized carbons (Fsp3) is 0. The summed E-state index contributed by atoms with van der Waals surface area (Å²) >= 11 is 0. The predicted octanol–water partition coefficient (Wildman–Crippen LogP) is -1.68. The first-order chi connectivity index (χ1) is 2.27. The van der Waals surface area contributed by atoms with Crippen LogP contribution in [0.2, 0.25) is 0 Å². The maximum atomic E-state index is 8.90. The zero-order valence-electron chi connectivity index (χ0n) is 2.21. The molecule has 0 saturated heterocycles. The van der Waals surface area contributed by atoms with Gasteiger partial charge in [-0.25, -0.2) is 4.79 Å². The van der Waals surface area contributed by atoms with E-state index in [2.05, 4.69) is 4.89 Å². The summed E-state index contributed by atoms with van der Waals surface area (Å²) in [5.74, 6) is 0. The molecular formula is CH6AlNaO4. The van der Waals surface area contributed by atoms with Gasteiger partial charge in [0.05, 0.1) is 0 Å². The Labute approximate surface area is 72.8 Å². The molecule has 0 rings (SSSR count). The summed E-state index contributed by atoms with van der Waals surface area (Å²) in [7, 11) is 0. The molecule has 0 aromatic heterocycles. The summed E-state index contributed by atoms with van der Waals surface area (Å²) < 4.78 is 0. The molecule has 0 fully saturated rings. The molecule has 0 aliphatic rings. The summed E-state index contributed by atoms with van der Waals surface area (Å²) in [5, 5.41) is 14.3. The maximum absolute atomic E-state index is 8.90. The van der Waals surface area contributed by atoms with Crippen LogP contribution in [0.3, 0.4) is 0 Å². The van der Waals surface area contributed by atoms with Gasteiger partial charge in [-0.2, -0.15) is 5.26 Å². The van der Waals surface area contributed by atoms with E-state index in [-0.39, 0.29) is 46.9 Å². The first kappa shape index (κ1) is 15.7. The molecule has 0 aromatic rings. The molecule has 0 aromatic carbocycles. The van der Waals surface area contributed by atoms with Crippen LogP contribution in [0, 0.1) is 0 Å². The molecule has 7 heavy (non-hydrogen) atoms. The molecule has 38 valence electrons. The van der Waals surface area contributed by atoms with Crippen molar-refractivity contribution in [3.8, 4) is 0 Å². The van der Waals surface area contributed by atoms with Crippen LogP contribution in [0.4, 0.5) is 4.79 Å². The fourth-order valence-corrected chi connectivity index (χ4v) is 0. The van der Waals surface area contributed by atoms with Crippen LogP contribution >= 0.6 is 0 Å². The molecule has 0 saturated carbocycles. The number of hydrogen-bond acceptors (Lipinski definition) is 3. The van der Waals surface area contributed by atoms with Crippen molar-refractivity contribution < 1.29 is 20.0 Å². The third kappa shape index (κ3) is 20.1. The first-order valence-corrected chi connectivity index (χ1v) is 0.814.